The zero-order valence-electron chi connectivity index (χ0n) is 8.46. The molecular formula is C11H17NS. The SMILES string of the molecule is CCNc1ccc(S)cc1C(C)C. The van der Waals surface area contributed by atoms with Gasteiger partial charge in [0.25, 0.3) is 0 Å². The van der Waals surface area contributed by atoms with E-state index in [0.717, 1.165) is 11.4 Å². The van der Waals surface area contributed by atoms with Crippen LogP contribution in [0.2, 0.25) is 0 Å². The second-order valence-corrected chi connectivity index (χ2v) is 3.97. The molecule has 0 aliphatic heterocycles. The first-order valence-corrected chi connectivity index (χ1v) is 5.16. The molecule has 0 saturated carbocycles. The second kappa shape index (κ2) is 4.56. The van der Waals surface area contributed by atoms with Crippen LogP contribution in [0, 0.1) is 0 Å². The van der Waals surface area contributed by atoms with Crippen molar-refractivity contribution in [1.29, 1.82) is 0 Å². The van der Waals surface area contributed by atoms with Crippen LogP contribution in [0.1, 0.15) is 32.3 Å². The largest absolute Gasteiger partial charge is 0.385 e. The molecule has 0 heterocycles. The van der Waals surface area contributed by atoms with Gasteiger partial charge in [0.1, 0.15) is 0 Å². The molecule has 1 N–H and O–H groups in total. The minimum atomic E-state index is 0.543. The van der Waals surface area contributed by atoms with Crippen LogP contribution >= 0.6 is 12.6 Å². The van der Waals surface area contributed by atoms with Gasteiger partial charge >= 0.3 is 0 Å². The third kappa shape index (κ3) is 2.66. The highest BCUT2D eigenvalue weighted by Gasteiger charge is 2.05. The molecule has 1 nitrogen and oxygen atoms in total. The Labute approximate surface area is 86.0 Å². The second-order valence-electron chi connectivity index (χ2n) is 3.46. The van der Waals surface area contributed by atoms with Crippen molar-refractivity contribution in [2.45, 2.75) is 31.6 Å². The van der Waals surface area contributed by atoms with E-state index in [1.54, 1.807) is 0 Å². The number of anilines is 1. The van der Waals surface area contributed by atoms with Crippen LogP contribution in [0.4, 0.5) is 5.69 Å². The van der Waals surface area contributed by atoms with Gasteiger partial charge in [0.2, 0.25) is 0 Å². The van der Waals surface area contributed by atoms with E-state index in [9.17, 15) is 0 Å². The molecule has 0 bridgehead atoms. The molecule has 0 aliphatic rings. The molecule has 0 radical (unpaired) electrons. The van der Waals surface area contributed by atoms with Gasteiger partial charge in [0, 0.05) is 17.1 Å². The fraction of sp³-hybridized carbons (Fsp3) is 0.455. The van der Waals surface area contributed by atoms with E-state index in [1.165, 1.54) is 11.3 Å². The topological polar surface area (TPSA) is 12.0 Å². The summed E-state index contributed by atoms with van der Waals surface area (Å²) in [5.41, 5.74) is 2.57. The number of benzene rings is 1. The molecule has 0 aliphatic carbocycles. The quantitative estimate of drug-likeness (QED) is 0.703. The summed E-state index contributed by atoms with van der Waals surface area (Å²) in [7, 11) is 0. The first kappa shape index (κ1) is 10.5. The Balaban J connectivity index is 3.03. The van der Waals surface area contributed by atoms with E-state index in [0.29, 0.717) is 5.92 Å². The Morgan fingerprint density at radius 2 is 2.08 bits per heavy atom. The van der Waals surface area contributed by atoms with Crippen LogP contribution in [0.15, 0.2) is 23.1 Å². The van der Waals surface area contributed by atoms with Gasteiger partial charge in [0.05, 0.1) is 0 Å². The summed E-state index contributed by atoms with van der Waals surface area (Å²) in [6.07, 6.45) is 0. The molecule has 0 amide bonds. The lowest BCUT2D eigenvalue weighted by Gasteiger charge is -2.14. The van der Waals surface area contributed by atoms with Gasteiger partial charge in [-0.1, -0.05) is 13.8 Å². The Bertz CT molecular complexity index is 281. The summed E-state index contributed by atoms with van der Waals surface area (Å²) in [5.74, 6) is 0.543. The summed E-state index contributed by atoms with van der Waals surface area (Å²) in [5, 5.41) is 3.35. The molecule has 72 valence electrons. The molecule has 0 atom stereocenters. The first-order valence-electron chi connectivity index (χ1n) is 4.72. The van der Waals surface area contributed by atoms with E-state index in [4.69, 9.17) is 0 Å². The maximum atomic E-state index is 4.34. The zero-order chi connectivity index (χ0) is 9.84. The van der Waals surface area contributed by atoms with Crippen LogP contribution in [0.5, 0.6) is 0 Å². The van der Waals surface area contributed by atoms with Crippen molar-refractivity contribution in [3.05, 3.63) is 23.8 Å². The highest BCUT2D eigenvalue weighted by molar-refractivity contribution is 7.80. The average molecular weight is 195 g/mol. The van der Waals surface area contributed by atoms with Crippen molar-refractivity contribution in [2.75, 3.05) is 11.9 Å². The summed E-state index contributed by atoms with van der Waals surface area (Å²) in [6.45, 7) is 7.47. The summed E-state index contributed by atoms with van der Waals surface area (Å²) in [6, 6.07) is 6.25. The molecule has 0 spiro atoms. The lowest BCUT2D eigenvalue weighted by molar-refractivity contribution is 0.862. The van der Waals surface area contributed by atoms with E-state index in [1.807, 2.05) is 6.07 Å². The van der Waals surface area contributed by atoms with Gasteiger partial charge in [-0.2, -0.15) is 0 Å². The highest BCUT2D eigenvalue weighted by Crippen LogP contribution is 2.26. The molecule has 1 rings (SSSR count). The number of rotatable bonds is 3. The van der Waals surface area contributed by atoms with Gasteiger partial charge in [-0.25, -0.2) is 0 Å². The monoisotopic (exact) mass is 195 g/mol. The van der Waals surface area contributed by atoms with Crippen LogP contribution in [0.25, 0.3) is 0 Å². The minimum absolute atomic E-state index is 0.543. The molecule has 1 aromatic carbocycles. The highest BCUT2D eigenvalue weighted by atomic mass is 32.1. The average Bonchev–Trinajstić information content (AvgIpc) is 2.08. The van der Waals surface area contributed by atoms with Gasteiger partial charge in [-0.3, -0.25) is 0 Å². The molecular weight excluding hydrogens is 178 g/mol. The third-order valence-electron chi connectivity index (χ3n) is 2.02. The molecule has 0 aromatic heterocycles. The summed E-state index contributed by atoms with van der Waals surface area (Å²) >= 11 is 4.34. The van der Waals surface area contributed by atoms with Crippen LogP contribution < -0.4 is 5.32 Å². The standard InChI is InChI=1S/C11H17NS/c1-4-12-11-6-5-9(13)7-10(11)8(2)3/h5-8,12-13H,4H2,1-3H3. The lowest BCUT2D eigenvalue weighted by Crippen LogP contribution is -2.01. The molecule has 2 heteroatoms. The molecule has 0 saturated heterocycles. The molecule has 0 unspecified atom stereocenters. The lowest BCUT2D eigenvalue weighted by atomic mass is 10.0. The van der Waals surface area contributed by atoms with Crippen LogP contribution in [-0.2, 0) is 0 Å². The molecule has 13 heavy (non-hydrogen) atoms. The Hall–Kier alpha value is -0.630. The minimum Gasteiger partial charge on any atom is -0.385 e. The van der Waals surface area contributed by atoms with Crippen molar-refractivity contribution >= 4 is 18.3 Å². The zero-order valence-corrected chi connectivity index (χ0v) is 9.36. The fourth-order valence-electron chi connectivity index (χ4n) is 1.38. The first-order chi connectivity index (χ1) is 6.15. The normalized spacial score (nSPS) is 10.5. The van der Waals surface area contributed by atoms with E-state index in [-0.39, 0.29) is 0 Å². The maximum Gasteiger partial charge on any atom is 0.0376 e. The van der Waals surface area contributed by atoms with Gasteiger partial charge in [-0.15, -0.1) is 12.6 Å². The van der Waals surface area contributed by atoms with E-state index < -0.39 is 0 Å². The Kier molecular flexibility index (Phi) is 3.67. The number of hydrogen-bond acceptors (Lipinski definition) is 2. The molecule has 1 aromatic rings. The predicted octanol–water partition coefficient (Wildman–Crippen LogP) is 3.53. The van der Waals surface area contributed by atoms with E-state index in [2.05, 4.69) is 50.8 Å². The van der Waals surface area contributed by atoms with Crippen molar-refractivity contribution in [2.24, 2.45) is 0 Å². The summed E-state index contributed by atoms with van der Waals surface area (Å²) < 4.78 is 0. The van der Waals surface area contributed by atoms with Crippen molar-refractivity contribution in [3.63, 3.8) is 0 Å². The Morgan fingerprint density at radius 3 is 2.62 bits per heavy atom. The summed E-state index contributed by atoms with van der Waals surface area (Å²) in [4.78, 5) is 1.03. The fourth-order valence-corrected chi connectivity index (χ4v) is 1.59. The van der Waals surface area contributed by atoms with Crippen molar-refractivity contribution < 1.29 is 0 Å². The smallest absolute Gasteiger partial charge is 0.0376 e. The van der Waals surface area contributed by atoms with Crippen LogP contribution in [-0.4, -0.2) is 6.54 Å². The predicted molar refractivity (Wildman–Crippen MR) is 61.9 cm³/mol. The van der Waals surface area contributed by atoms with Crippen molar-refractivity contribution in [3.8, 4) is 0 Å². The number of hydrogen-bond donors (Lipinski definition) is 2. The van der Waals surface area contributed by atoms with Crippen molar-refractivity contribution in [1.82, 2.24) is 0 Å². The maximum absolute atomic E-state index is 4.34. The Morgan fingerprint density at radius 1 is 1.38 bits per heavy atom. The number of thiol groups is 1. The van der Waals surface area contributed by atoms with Gasteiger partial charge < -0.3 is 5.32 Å². The third-order valence-corrected chi connectivity index (χ3v) is 2.30. The number of nitrogens with one attached hydrogen (secondary N) is 1. The van der Waals surface area contributed by atoms with Gasteiger partial charge in [0.15, 0.2) is 0 Å². The van der Waals surface area contributed by atoms with E-state index >= 15 is 0 Å². The van der Waals surface area contributed by atoms with Gasteiger partial charge in [-0.05, 0) is 36.6 Å². The van der Waals surface area contributed by atoms with Crippen LogP contribution in [0.3, 0.4) is 0 Å². The molecule has 0 fully saturated rings.